The van der Waals surface area contributed by atoms with Gasteiger partial charge < -0.3 is 24.1 Å². The first-order chi connectivity index (χ1) is 22.8. The van der Waals surface area contributed by atoms with Crippen molar-refractivity contribution >= 4 is 29.1 Å². The van der Waals surface area contributed by atoms with Crippen LogP contribution in [0.25, 0.3) is 11.3 Å². The molecule has 0 spiro atoms. The highest BCUT2D eigenvalue weighted by Gasteiger charge is 2.25. The molecule has 1 aliphatic rings. The van der Waals surface area contributed by atoms with E-state index in [4.69, 9.17) is 45.6 Å². The third-order valence-electron chi connectivity index (χ3n) is 7.46. The van der Waals surface area contributed by atoms with Crippen molar-refractivity contribution in [2.75, 3.05) is 40.6 Å². The van der Waals surface area contributed by atoms with Gasteiger partial charge in [0.1, 0.15) is 29.7 Å². The van der Waals surface area contributed by atoms with Crippen LogP contribution in [0, 0.1) is 5.82 Å². The van der Waals surface area contributed by atoms with Crippen molar-refractivity contribution in [3.8, 4) is 22.8 Å². The van der Waals surface area contributed by atoms with Crippen LogP contribution in [0.4, 0.5) is 4.39 Å². The second-order valence-electron chi connectivity index (χ2n) is 10.6. The fourth-order valence-corrected chi connectivity index (χ4v) is 5.44. The number of ketones is 1. The Morgan fingerprint density at radius 1 is 0.957 bits per heavy atom. The van der Waals surface area contributed by atoms with Crippen LogP contribution in [0.3, 0.4) is 0 Å². The first-order valence-corrected chi connectivity index (χ1v) is 15.3. The molecule has 0 radical (unpaired) electrons. The van der Waals surface area contributed by atoms with E-state index in [1.165, 1.54) is 20.3 Å². The summed E-state index contributed by atoms with van der Waals surface area (Å²) in [6.07, 6.45) is 2.85. The first-order valence-electron chi connectivity index (χ1n) is 14.9. The molecule has 0 fully saturated rings. The lowest BCUT2D eigenvalue weighted by molar-refractivity contribution is -0.142. The number of rotatable bonds is 15. The van der Waals surface area contributed by atoms with Gasteiger partial charge in [-0.1, -0.05) is 29.8 Å². The maximum atomic E-state index is 15.2. The molecule has 2 heterocycles. The van der Waals surface area contributed by atoms with E-state index in [1.54, 1.807) is 42.6 Å². The Labute approximate surface area is 276 Å². The number of carbonyl (C=O) groups is 2. The first kappa shape index (κ1) is 33.6. The molecule has 47 heavy (non-hydrogen) atoms. The van der Waals surface area contributed by atoms with Gasteiger partial charge in [0.25, 0.3) is 0 Å². The van der Waals surface area contributed by atoms with Crippen molar-refractivity contribution in [3.05, 3.63) is 105 Å². The average Bonchev–Trinajstić information content (AvgIpc) is 3.21. The number of nitrogens with zero attached hydrogens (tertiary/aromatic N) is 3. The summed E-state index contributed by atoms with van der Waals surface area (Å²) in [5.74, 6) is -0.235. The predicted molar refractivity (Wildman–Crippen MR) is 173 cm³/mol. The quantitative estimate of drug-likeness (QED) is 0.121. The molecule has 0 saturated heterocycles. The van der Waals surface area contributed by atoms with Gasteiger partial charge in [0.15, 0.2) is 5.78 Å². The number of methoxy groups -OCH3 is 2. The monoisotopic (exact) mass is 661 g/mol. The molecule has 1 aliphatic heterocycles. The summed E-state index contributed by atoms with van der Waals surface area (Å²) in [5.41, 5.74) is 4.79. The number of fused-ring (bicyclic) bond motifs is 3. The zero-order valence-corrected chi connectivity index (χ0v) is 26.7. The number of Topliss-reactive ketones (excluding diaryl/α,β-unsaturated/α-hetero) is 1. The fraction of sp³-hybridized carbons (Fsp3) is 0.286. The molecule has 0 amide bonds. The molecule has 5 rings (SSSR count). The minimum absolute atomic E-state index is 0.0852. The van der Waals surface area contributed by atoms with Gasteiger partial charge in [-0.2, -0.15) is 0 Å². The second-order valence-corrected chi connectivity index (χ2v) is 11.1. The van der Waals surface area contributed by atoms with E-state index in [-0.39, 0.29) is 44.1 Å². The lowest BCUT2D eigenvalue weighted by Gasteiger charge is -2.15. The number of aromatic nitrogens is 2. The van der Waals surface area contributed by atoms with Gasteiger partial charge in [-0.15, -0.1) is 0 Å². The average molecular weight is 662 g/mol. The molecule has 0 bridgehead atoms. The van der Waals surface area contributed by atoms with E-state index in [0.29, 0.717) is 64.3 Å². The van der Waals surface area contributed by atoms with Gasteiger partial charge in [-0.25, -0.2) is 19.2 Å². The SMILES string of the molecule is COc1cc(Cc2ncc3c(n2)-c2ccc(Cl)cc2C(c2c(F)cccc2OC)=NC3)ccc1C(=O)CCCOCCOCC(=O)O. The minimum atomic E-state index is -1.04. The van der Waals surface area contributed by atoms with Crippen molar-refractivity contribution in [2.45, 2.75) is 25.8 Å². The van der Waals surface area contributed by atoms with E-state index in [9.17, 15) is 9.59 Å². The third kappa shape index (κ3) is 8.18. The summed E-state index contributed by atoms with van der Waals surface area (Å²) in [5, 5.41) is 9.04. The molecule has 1 aromatic heterocycles. The number of hydrogen-bond donors (Lipinski definition) is 1. The topological polar surface area (TPSA) is 129 Å². The molecular formula is C35H33ClFN3O7. The Morgan fingerprint density at radius 2 is 1.77 bits per heavy atom. The zero-order valence-electron chi connectivity index (χ0n) is 25.9. The highest BCUT2D eigenvalue weighted by molar-refractivity contribution is 6.31. The van der Waals surface area contributed by atoms with Crippen LogP contribution in [-0.4, -0.2) is 73.2 Å². The highest BCUT2D eigenvalue weighted by Crippen LogP contribution is 2.36. The normalized spacial score (nSPS) is 12.0. The Bertz CT molecular complexity index is 1810. The van der Waals surface area contributed by atoms with Gasteiger partial charge in [-0.3, -0.25) is 9.79 Å². The van der Waals surface area contributed by atoms with E-state index in [2.05, 4.69) is 4.98 Å². The summed E-state index contributed by atoms with van der Waals surface area (Å²) in [7, 11) is 3.00. The Hall–Kier alpha value is -4.71. The number of carboxylic acid groups (broad SMARTS) is 1. The molecule has 10 nitrogen and oxygen atoms in total. The lowest BCUT2D eigenvalue weighted by atomic mass is 9.94. The molecule has 244 valence electrons. The second kappa shape index (κ2) is 15.7. The molecular weight excluding hydrogens is 629 g/mol. The summed E-state index contributed by atoms with van der Waals surface area (Å²) in [6.45, 7) is 0.610. The van der Waals surface area contributed by atoms with Gasteiger partial charge in [-0.05, 0) is 48.4 Å². The minimum Gasteiger partial charge on any atom is -0.496 e. The standard InChI is InChI=1S/C35H33ClFN3O7/c1-44-29-7-3-5-27(37)33(29)35-26-17-23(36)9-11-24(26)34-22(19-39-35)18-38-31(40-34)16-21-8-10-25(30(15-21)45-2)28(41)6-4-12-46-13-14-47-20-32(42)43/h3,5,7-11,15,17-18H,4,6,12-14,16,19-20H2,1-2H3,(H,42,43). The number of halogens is 2. The van der Waals surface area contributed by atoms with Gasteiger partial charge in [0.2, 0.25) is 0 Å². The van der Waals surface area contributed by atoms with Gasteiger partial charge in [0.05, 0.1) is 56.5 Å². The number of carbonyl (C=O) groups excluding carboxylic acids is 1. The Kier molecular flexibility index (Phi) is 11.3. The molecule has 0 saturated carbocycles. The van der Waals surface area contributed by atoms with Crippen molar-refractivity contribution < 1.29 is 38.0 Å². The lowest BCUT2D eigenvalue weighted by Crippen LogP contribution is -2.12. The zero-order chi connectivity index (χ0) is 33.3. The van der Waals surface area contributed by atoms with Crippen molar-refractivity contribution in [2.24, 2.45) is 4.99 Å². The van der Waals surface area contributed by atoms with Crippen molar-refractivity contribution in [1.82, 2.24) is 9.97 Å². The molecule has 4 aromatic rings. The predicted octanol–water partition coefficient (Wildman–Crippen LogP) is 5.98. The maximum absolute atomic E-state index is 15.2. The van der Waals surface area contributed by atoms with Crippen LogP contribution >= 0.6 is 11.6 Å². The van der Waals surface area contributed by atoms with Crippen LogP contribution < -0.4 is 9.47 Å². The number of aliphatic carboxylic acids is 1. The molecule has 1 N–H and O–H groups in total. The van der Waals surface area contributed by atoms with Crippen LogP contribution in [0.2, 0.25) is 5.02 Å². The summed E-state index contributed by atoms with van der Waals surface area (Å²) < 4.78 is 36.6. The maximum Gasteiger partial charge on any atom is 0.329 e. The Balaban J connectivity index is 1.32. The van der Waals surface area contributed by atoms with Crippen LogP contribution in [0.15, 0.2) is 65.8 Å². The summed E-state index contributed by atoms with van der Waals surface area (Å²) in [4.78, 5) is 37.7. The number of hydrogen-bond acceptors (Lipinski definition) is 9. The third-order valence-corrected chi connectivity index (χ3v) is 7.70. The van der Waals surface area contributed by atoms with Gasteiger partial charge >= 0.3 is 5.97 Å². The molecule has 3 aromatic carbocycles. The number of benzene rings is 3. The molecule has 0 atom stereocenters. The summed E-state index contributed by atoms with van der Waals surface area (Å²) >= 11 is 6.42. The van der Waals surface area contributed by atoms with E-state index >= 15 is 4.39 Å². The Morgan fingerprint density at radius 3 is 2.55 bits per heavy atom. The number of aliphatic imine (C=N–C) groups is 1. The van der Waals surface area contributed by atoms with E-state index < -0.39 is 11.8 Å². The fourth-order valence-electron chi connectivity index (χ4n) is 5.27. The molecule has 0 unspecified atom stereocenters. The largest absolute Gasteiger partial charge is 0.496 e. The van der Waals surface area contributed by atoms with E-state index in [0.717, 1.165) is 16.7 Å². The van der Waals surface area contributed by atoms with Crippen LogP contribution in [0.5, 0.6) is 11.5 Å². The number of ether oxygens (including phenoxy) is 4. The summed E-state index contributed by atoms with van der Waals surface area (Å²) in [6, 6.07) is 15.4. The van der Waals surface area contributed by atoms with Crippen molar-refractivity contribution in [1.29, 1.82) is 0 Å². The van der Waals surface area contributed by atoms with Crippen LogP contribution in [-0.2, 0) is 27.2 Å². The molecule has 12 heteroatoms. The number of carboxylic acids is 1. The molecule has 0 aliphatic carbocycles. The highest BCUT2D eigenvalue weighted by atomic mass is 35.5. The van der Waals surface area contributed by atoms with Crippen LogP contribution in [0.1, 0.15) is 51.3 Å². The van der Waals surface area contributed by atoms with Crippen molar-refractivity contribution in [3.63, 3.8) is 0 Å². The smallest absolute Gasteiger partial charge is 0.329 e. The van der Waals surface area contributed by atoms with E-state index in [1.807, 2.05) is 12.1 Å². The van der Waals surface area contributed by atoms with Gasteiger partial charge in [0, 0.05) is 47.4 Å².